The molecule has 1 aromatic heterocycles. The molecule has 4 atom stereocenters. The van der Waals surface area contributed by atoms with E-state index >= 15 is 0 Å². The molecule has 3 rings (SSSR count). The highest BCUT2D eigenvalue weighted by atomic mass is 16.1. The zero-order valence-electron chi connectivity index (χ0n) is 17.5. The smallest absolute Gasteiger partial charge is 0.309 e. The molecule has 152 valence electrons. The van der Waals surface area contributed by atoms with Gasteiger partial charge in [0.1, 0.15) is 0 Å². The molecule has 1 aliphatic rings. The van der Waals surface area contributed by atoms with Gasteiger partial charge < -0.3 is 5.32 Å². The molecular formula is C25H32N3O+. The minimum Gasteiger partial charge on any atom is -0.309 e. The molecule has 1 saturated carbocycles. The van der Waals surface area contributed by atoms with E-state index < -0.39 is 0 Å². The van der Waals surface area contributed by atoms with Crippen molar-refractivity contribution in [1.29, 1.82) is 0 Å². The second-order valence-electron chi connectivity index (χ2n) is 8.43. The number of hydrogen-bond donors (Lipinski definition) is 1. The van der Waals surface area contributed by atoms with Crippen LogP contribution in [0.25, 0.3) is 4.85 Å². The Morgan fingerprint density at radius 2 is 1.93 bits per heavy atom. The molecule has 1 aliphatic carbocycles. The third kappa shape index (κ3) is 5.52. The number of ketones is 1. The molecule has 0 radical (unpaired) electrons. The predicted octanol–water partition coefficient (Wildman–Crippen LogP) is 4.93. The van der Waals surface area contributed by atoms with Crippen molar-refractivity contribution < 1.29 is 4.79 Å². The van der Waals surface area contributed by atoms with Crippen LogP contribution in [0.1, 0.15) is 50.4 Å². The molecule has 2 aromatic rings. The number of carbonyl (C=O) groups excluding carboxylic acids is 1. The van der Waals surface area contributed by atoms with Crippen LogP contribution < -0.4 is 5.32 Å². The van der Waals surface area contributed by atoms with Crippen molar-refractivity contribution in [3.8, 4) is 6.57 Å². The van der Waals surface area contributed by atoms with E-state index in [9.17, 15) is 4.79 Å². The number of carbonyl (C=O) groups is 1. The van der Waals surface area contributed by atoms with Crippen LogP contribution in [0.5, 0.6) is 0 Å². The maximum Gasteiger partial charge on any atom is 0.331 e. The molecule has 1 aromatic carbocycles. The summed E-state index contributed by atoms with van der Waals surface area (Å²) in [5.74, 6) is 0.740. The number of Topliss-reactive ketones (excluding diaryl/α,β-unsaturated/α-hetero) is 1. The lowest BCUT2D eigenvalue weighted by Gasteiger charge is -2.24. The summed E-state index contributed by atoms with van der Waals surface area (Å²) in [5.41, 5.74) is 2.31. The minimum absolute atomic E-state index is 0.0495. The first-order valence-electron chi connectivity index (χ1n) is 10.7. The summed E-state index contributed by atoms with van der Waals surface area (Å²) in [6.45, 7) is 10.4. The molecular weight excluding hydrogens is 358 g/mol. The van der Waals surface area contributed by atoms with Crippen LogP contribution in [0, 0.1) is 24.3 Å². The van der Waals surface area contributed by atoms with E-state index in [2.05, 4.69) is 45.5 Å². The standard InChI is InChI=1S/C25H32N3O/c1-18(2)24(26-3)25(29)22-14-9-12-20(22)17-28-23(19-10-5-4-6-11-19)16-21-13-7-8-15-27-21/h3-8,10-11,13,15,18,20,22-24,28H,9,12,14,16-17H2,1-2H3/q+1/t20-,22?,23-,24-/m0/s1. The average molecular weight is 391 g/mol. The fraction of sp³-hybridized carbons (Fsp3) is 0.480. The van der Waals surface area contributed by atoms with Crippen molar-refractivity contribution in [3.63, 3.8) is 0 Å². The molecule has 1 fully saturated rings. The summed E-state index contributed by atoms with van der Waals surface area (Å²) < 4.78 is 0. The zero-order valence-corrected chi connectivity index (χ0v) is 17.5. The van der Waals surface area contributed by atoms with E-state index in [0.717, 1.165) is 37.9 Å². The molecule has 1 unspecified atom stereocenters. The Labute approximate surface area is 174 Å². The van der Waals surface area contributed by atoms with E-state index in [4.69, 9.17) is 6.57 Å². The van der Waals surface area contributed by atoms with Gasteiger partial charge in [-0.05, 0) is 43.0 Å². The fourth-order valence-corrected chi connectivity index (χ4v) is 4.46. The van der Waals surface area contributed by atoms with Crippen LogP contribution >= 0.6 is 0 Å². The lowest BCUT2D eigenvalue weighted by atomic mass is 9.84. The largest absolute Gasteiger partial charge is 0.331 e. The summed E-state index contributed by atoms with van der Waals surface area (Å²) in [7, 11) is 0. The van der Waals surface area contributed by atoms with Crippen molar-refractivity contribution >= 4 is 5.78 Å². The fourth-order valence-electron chi connectivity index (χ4n) is 4.46. The first kappa shape index (κ1) is 21.2. The third-order valence-corrected chi connectivity index (χ3v) is 6.08. The maximum atomic E-state index is 13.0. The average Bonchev–Trinajstić information content (AvgIpc) is 3.21. The molecule has 0 amide bonds. The van der Waals surface area contributed by atoms with Crippen LogP contribution in [0.2, 0.25) is 0 Å². The number of rotatable bonds is 9. The second kappa shape index (κ2) is 10.3. The number of nitrogens with zero attached hydrogens (tertiary/aromatic N) is 2. The SMILES string of the molecule is C#[N+][C@H](C(=O)C1CCC[C@H]1CN[C@@H](Cc1ccccn1)c1ccccc1)C(C)C. The van der Waals surface area contributed by atoms with Crippen LogP contribution in [-0.2, 0) is 11.2 Å². The van der Waals surface area contributed by atoms with Crippen LogP contribution in [0.4, 0.5) is 0 Å². The van der Waals surface area contributed by atoms with Gasteiger partial charge >= 0.3 is 6.04 Å². The van der Waals surface area contributed by atoms with E-state index in [-0.39, 0.29) is 29.7 Å². The lowest BCUT2D eigenvalue weighted by molar-refractivity contribution is -0.125. The van der Waals surface area contributed by atoms with E-state index in [0.29, 0.717) is 5.92 Å². The molecule has 0 bridgehead atoms. The molecule has 0 saturated heterocycles. The summed E-state index contributed by atoms with van der Waals surface area (Å²) in [4.78, 5) is 21.4. The van der Waals surface area contributed by atoms with Gasteiger partial charge in [-0.1, -0.05) is 61.5 Å². The van der Waals surface area contributed by atoms with Crippen molar-refractivity contribution in [2.45, 2.75) is 51.6 Å². The maximum absolute atomic E-state index is 13.0. The second-order valence-corrected chi connectivity index (χ2v) is 8.43. The van der Waals surface area contributed by atoms with Gasteiger partial charge in [0.25, 0.3) is 6.57 Å². The van der Waals surface area contributed by atoms with Gasteiger partial charge in [0.05, 0.1) is 0 Å². The van der Waals surface area contributed by atoms with E-state index in [1.165, 1.54) is 5.56 Å². The Morgan fingerprint density at radius 1 is 1.17 bits per heavy atom. The summed E-state index contributed by atoms with van der Waals surface area (Å²) in [6.07, 6.45) is 5.77. The molecule has 0 aliphatic heterocycles. The summed E-state index contributed by atoms with van der Waals surface area (Å²) in [6, 6.07) is 16.3. The van der Waals surface area contributed by atoms with Gasteiger partial charge in [-0.25, -0.2) is 0 Å². The molecule has 0 spiro atoms. The highest BCUT2D eigenvalue weighted by Gasteiger charge is 2.42. The number of pyridine rings is 1. The number of benzene rings is 1. The van der Waals surface area contributed by atoms with E-state index in [1.807, 2.05) is 38.2 Å². The highest BCUT2D eigenvalue weighted by molar-refractivity contribution is 5.88. The Kier molecular flexibility index (Phi) is 7.55. The molecule has 4 heteroatoms. The Hall–Kier alpha value is -2.51. The normalized spacial score (nSPS) is 20.9. The minimum atomic E-state index is -0.390. The summed E-state index contributed by atoms with van der Waals surface area (Å²) in [5, 5.41) is 3.74. The lowest BCUT2D eigenvalue weighted by Crippen LogP contribution is -2.37. The van der Waals surface area contributed by atoms with Gasteiger partial charge in [0, 0.05) is 36.2 Å². The first-order chi connectivity index (χ1) is 14.1. The number of hydrogen-bond acceptors (Lipinski definition) is 3. The van der Waals surface area contributed by atoms with Crippen LogP contribution in [0.15, 0.2) is 54.7 Å². The Balaban J connectivity index is 1.70. The molecule has 1 heterocycles. The highest BCUT2D eigenvalue weighted by Crippen LogP contribution is 2.35. The topological polar surface area (TPSA) is 46.4 Å². The van der Waals surface area contributed by atoms with Crippen molar-refractivity contribution in [1.82, 2.24) is 10.3 Å². The van der Waals surface area contributed by atoms with Crippen LogP contribution in [-0.4, -0.2) is 23.4 Å². The third-order valence-electron chi connectivity index (χ3n) is 6.08. The Bertz CT molecular complexity index is 813. The van der Waals surface area contributed by atoms with Crippen molar-refractivity contribution in [3.05, 3.63) is 70.8 Å². The number of aromatic nitrogens is 1. The van der Waals surface area contributed by atoms with E-state index in [1.54, 1.807) is 0 Å². The molecule has 1 N–H and O–H groups in total. The quantitative estimate of drug-likeness (QED) is 0.660. The zero-order chi connectivity index (χ0) is 20.6. The van der Waals surface area contributed by atoms with Gasteiger partial charge in [-0.15, -0.1) is 0 Å². The molecule has 29 heavy (non-hydrogen) atoms. The van der Waals surface area contributed by atoms with Crippen LogP contribution in [0.3, 0.4) is 0 Å². The van der Waals surface area contributed by atoms with Crippen molar-refractivity contribution in [2.24, 2.45) is 17.8 Å². The number of nitrogens with one attached hydrogen (secondary N) is 1. The van der Waals surface area contributed by atoms with Gasteiger partial charge in [0.15, 0.2) is 0 Å². The van der Waals surface area contributed by atoms with Crippen molar-refractivity contribution in [2.75, 3.05) is 6.54 Å². The monoisotopic (exact) mass is 390 g/mol. The Morgan fingerprint density at radius 3 is 2.59 bits per heavy atom. The predicted molar refractivity (Wildman–Crippen MR) is 118 cm³/mol. The van der Waals surface area contributed by atoms with Gasteiger partial charge in [-0.3, -0.25) is 9.78 Å². The summed E-state index contributed by atoms with van der Waals surface area (Å²) >= 11 is 0. The molecule has 4 nitrogen and oxygen atoms in total. The first-order valence-corrected chi connectivity index (χ1v) is 10.7. The van der Waals surface area contributed by atoms with Gasteiger partial charge in [0.2, 0.25) is 5.78 Å². The van der Waals surface area contributed by atoms with Gasteiger partial charge in [-0.2, -0.15) is 0 Å².